The summed E-state index contributed by atoms with van der Waals surface area (Å²) in [6.45, 7) is 4.30. The van der Waals surface area contributed by atoms with Crippen LogP contribution >= 0.6 is 11.8 Å². The molecule has 8 heteroatoms. The number of benzene rings is 2. The van der Waals surface area contributed by atoms with Crippen molar-refractivity contribution in [3.05, 3.63) is 53.6 Å². The number of carbonyl (C=O) groups excluding carboxylic acids is 1. The summed E-state index contributed by atoms with van der Waals surface area (Å²) < 4.78 is 32.9. The Labute approximate surface area is 157 Å². The highest BCUT2D eigenvalue weighted by atomic mass is 32.2. The molecule has 0 aliphatic heterocycles. The van der Waals surface area contributed by atoms with Crippen LogP contribution in [-0.2, 0) is 19.6 Å². The van der Waals surface area contributed by atoms with E-state index in [9.17, 15) is 13.2 Å². The van der Waals surface area contributed by atoms with Gasteiger partial charge in [0.25, 0.3) is 0 Å². The third-order valence-electron chi connectivity index (χ3n) is 3.46. The molecule has 6 nitrogen and oxygen atoms in total. The van der Waals surface area contributed by atoms with E-state index < -0.39 is 10.0 Å². The molecule has 0 radical (unpaired) electrons. The first-order valence-electron chi connectivity index (χ1n) is 7.87. The molecule has 26 heavy (non-hydrogen) atoms. The molecule has 0 aromatic heterocycles. The Morgan fingerprint density at radius 3 is 2.42 bits per heavy atom. The van der Waals surface area contributed by atoms with Crippen LogP contribution in [0.25, 0.3) is 0 Å². The second kappa shape index (κ2) is 9.07. The molecule has 0 amide bonds. The molecule has 2 rings (SSSR count). The minimum atomic E-state index is -3.72. The van der Waals surface area contributed by atoms with Gasteiger partial charge in [0.1, 0.15) is 19.0 Å². The molecular weight excluding hydrogens is 374 g/mol. The molecular formula is C18H21NO5S2. The molecule has 0 heterocycles. The van der Waals surface area contributed by atoms with Gasteiger partial charge in [0.15, 0.2) is 0 Å². The number of rotatable bonds is 8. The van der Waals surface area contributed by atoms with Gasteiger partial charge in [0.2, 0.25) is 10.0 Å². The molecule has 2 N–H and O–H groups in total. The number of hydrogen-bond donors (Lipinski definition) is 1. The second-order valence-electron chi connectivity index (χ2n) is 5.64. The van der Waals surface area contributed by atoms with E-state index in [1.807, 2.05) is 32.0 Å². The molecule has 0 saturated carbocycles. The number of primary sulfonamides is 1. The smallest absolute Gasteiger partial charge is 0.316 e. The van der Waals surface area contributed by atoms with Crippen molar-refractivity contribution in [2.45, 2.75) is 23.6 Å². The van der Waals surface area contributed by atoms with Gasteiger partial charge in [-0.05, 0) is 49.7 Å². The van der Waals surface area contributed by atoms with E-state index in [1.54, 1.807) is 0 Å². The van der Waals surface area contributed by atoms with Crippen LogP contribution < -0.4 is 9.88 Å². The van der Waals surface area contributed by atoms with E-state index in [-0.39, 0.29) is 29.8 Å². The molecule has 0 fully saturated rings. The fourth-order valence-corrected chi connectivity index (χ4v) is 3.52. The van der Waals surface area contributed by atoms with Gasteiger partial charge in [0, 0.05) is 4.90 Å². The third-order valence-corrected chi connectivity index (χ3v) is 5.52. The topological polar surface area (TPSA) is 95.7 Å². The van der Waals surface area contributed by atoms with Crippen LogP contribution in [0.2, 0.25) is 0 Å². The van der Waals surface area contributed by atoms with E-state index >= 15 is 0 Å². The summed E-state index contributed by atoms with van der Waals surface area (Å²) in [5.41, 5.74) is 2.27. The Morgan fingerprint density at radius 2 is 1.77 bits per heavy atom. The van der Waals surface area contributed by atoms with Crippen molar-refractivity contribution in [2.75, 3.05) is 19.0 Å². The molecule has 0 aliphatic carbocycles. The van der Waals surface area contributed by atoms with Crippen molar-refractivity contribution >= 4 is 27.8 Å². The second-order valence-corrected chi connectivity index (χ2v) is 8.22. The molecule has 140 valence electrons. The SMILES string of the molecule is Cc1ccc(C)c(SCC(=O)OCCOc2ccc(S(N)(=O)=O)cc2)c1. The van der Waals surface area contributed by atoms with Crippen molar-refractivity contribution in [1.82, 2.24) is 0 Å². The number of carbonyl (C=O) groups is 1. The van der Waals surface area contributed by atoms with Gasteiger partial charge < -0.3 is 9.47 Å². The maximum absolute atomic E-state index is 11.8. The maximum atomic E-state index is 11.8. The van der Waals surface area contributed by atoms with Gasteiger partial charge in [0.05, 0.1) is 10.6 Å². The van der Waals surface area contributed by atoms with E-state index in [0.29, 0.717) is 5.75 Å². The monoisotopic (exact) mass is 395 g/mol. The third kappa shape index (κ3) is 6.36. The molecule has 0 bridgehead atoms. The molecule has 2 aromatic rings. The van der Waals surface area contributed by atoms with E-state index in [0.717, 1.165) is 16.0 Å². The van der Waals surface area contributed by atoms with Gasteiger partial charge in [-0.1, -0.05) is 17.7 Å². The standard InChI is InChI=1S/C18H21NO5S2/c1-13-3-4-14(2)17(11-13)25-12-18(20)24-10-9-23-15-5-7-16(8-6-15)26(19,21)22/h3-8,11H,9-10,12H2,1-2H3,(H2,19,21,22). The summed E-state index contributed by atoms with van der Waals surface area (Å²) in [4.78, 5) is 12.9. The van der Waals surface area contributed by atoms with Gasteiger partial charge >= 0.3 is 5.97 Å². The summed E-state index contributed by atoms with van der Waals surface area (Å²) in [5.74, 6) is 0.384. The maximum Gasteiger partial charge on any atom is 0.316 e. The number of esters is 1. The Morgan fingerprint density at radius 1 is 1.08 bits per heavy atom. The number of ether oxygens (including phenoxy) is 2. The summed E-state index contributed by atoms with van der Waals surface area (Å²) in [6.07, 6.45) is 0. The average molecular weight is 396 g/mol. The average Bonchev–Trinajstić information content (AvgIpc) is 2.59. The number of hydrogen-bond acceptors (Lipinski definition) is 6. The van der Waals surface area contributed by atoms with Crippen molar-refractivity contribution in [2.24, 2.45) is 5.14 Å². The molecule has 2 aromatic carbocycles. The number of sulfonamides is 1. The van der Waals surface area contributed by atoms with Gasteiger partial charge in [-0.3, -0.25) is 4.79 Å². The predicted octanol–water partition coefficient (Wildman–Crippen LogP) is 2.67. The largest absolute Gasteiger partial charge is 0.490 e. The van der Waals surface area contributed by atoms with Crippen LogP contribution in [0.15, 0.2) is 52.3 Å². The van der Waals surface area contributed by atoms with Crippen LogP contribution in [0.5, 0.6) is 5.75 Å². The number of nitrogens with two attached hydrogens (primary N) is 1. The molecule has 0 unspecified atom stereocenters. The van der Waals surface area contributed by atoms with Gasteiger partial charge in [-0.15, -0.1) is 11.8 Å². The van der Waals surface area contributed by atoms with Gasteiger partial charge in [-0.25, -0.2) is 13.6 Å². The van der Waals surface area contributed by atoms with Crippen molar-refractivity contribution in [3.8, 4) is 5.75 Å². The summed E-state index contributed by atoms with van der Waals surface area (Å²) in [7, 11) is -3.72. The van der Waals surface area contributed by atoms with Crippen LogP contribution in [-0.4, -0.2) is 33.4 Å². The van der Waals surface area contributed by atoms with E-state index in [4.69, 9.17) is 14.6 Å². The first-order valence-corrected chi connectivity index (χ1v) is 10.4. The van der Waals surface area contributed by atoms with Crippen LogP contribution in [0, 0.1) is 13.8 Å². The number of thioether (sulfide) groups is 1. The normalized spacial score (nSPS) is 11.2. The fourth-order valence-electron chi connectivity index (χ4n) is 2.08. The highest BCUT2D eigenvalue weighted by Gasteiger charge is 2.08. The Hall–Kier alpha value is -2.03. The first kappa shape index (κ1) is 20.3. The zero-order chi connectivity index (χ0) is 19.2. The van der Waals surface area contributed by atoms with E-state index in [2.05, 4.69) is 0 Å². The summed E-state index contributed by atoms with van der Waals surface area (Å²) >= 11 is 1.44. The molecule has 0 aliphatic rings. The molecule has 0 saturated heterocycles. The highest BCUT2D eigenvalue weighted by Crippen LogP contribution is 2.23. The first-order chi connectivity index (χ1) is 12.3. The molecule has 0 spiro atoms. The van der Waals surface area contributed by atoms with Crippen molar-refractivity contribution in [1.29, 1.82) is 0 Å². The Kier molecular flexibility index (Phi) is 7.07. The lowest BCUT2D eigenvalue weighted by atomic mass is 10.2. The van der Waals surface area contributed by atoms with Crippen LogP contribution in [0.4, 0.5) is 0 Å². The predicted molar refractivity (Wildman–Crippen MR) is 101 cm³/mol. The van der Waals surface area contributed by atoms with Crippen molar-refractivity contribution in [3.63, 3.8) is 0 Å². The fraction of sp³-hybridized carbons (Fsp3) is 0.278. The quantitative estimate of drug-likeness (QED) is 0.419. The minimum absolute atomic E-state index is 0.0137. The molecule has 0 atom stereocenters. The van der Waals surface area contributed by atoms with Crippen LogP contribution in [0.1, 0.15) is 11.1 Å². The lowest BCUT2D eigenvalue weighted by Crippen LogP contribution is -2.14. The summed E-state index contributed by atoms with van der Waals surface area (Å²) in [6, 6.07) is 11.8. The number of aryl methyl sites for hydroxylation is 2. The summed E-state index contributed by atoms with van der Waals surface area (Å²) in [5, 5.41) is 5.02. The van der Waals surface area contributed by atoms with Crippen LogP contribution in [0.3, 0.4) is 0 Å². The Balaban J connectivity index is 1.71. The minimum Gasteiger partial charge on any atom is -0.490 e. The zero-order valence-electron chi connectivity index (χ0n) is 14.6. The van der Waals surface area contributed by atoms with Gasteiger partial charge in [-0.2, -0.15) is 0 Å². The van der Waals surface area contributed by atoms with Crippen molar-refractivity contribution < 1.29 is 22.7 Å². The Bertz CT molecular complexity index is 864. The lowest BCUT2D eigenvalue weighted by Gasteiger charge is -2.09. The van der Waals surface area contributed by atoms with E-state index in [1.165, 1.54) is 36.0 Å². The highest BCUT2D eigenvalue weighted by molar-refractivity contribution is 8.00. The lowest BCUT2D eigenvalue weighted by molar-refractivity contribution is -0.141. The zero-order valence-corrected chi connectivity index (χ0v) is 16.2.